The molecule has 1 aliphatic rings. The first-order valence-electron chi connectivity index (χ1n) is 15.4. The van der Waals surface area contributed by atoms with E-state index < -0.39 is 60.4 Å². The minimum absolute atomic E-state index is 0.0300. The SMILES string of the molecule is CC(C)CC(NC(=O)OCc1ccccc1)C(=O)N[C@H](C(=O)N1CCC[C@H]1C(=O)N[C@@H](CCCN=C(N)N)C(=O)CF)C(C)C. The van der Waals surface area contributed by atoms with Crippen LogP contribution in [0.5, 0.6) is 0 Å². The Morgan fingerprint density at radius 1 is 1.02 bits per heavy atom. The summed E-state index contributed by atoms with van der Waals surface area (Å²) in [6, 6.07) is 5.15. The third-order valence-corrected chi connectivity index (χ3v) is 7.38. The van der Waals surface area contributed by atoms with Crippen molar-refractivity contribution in [1.29, 1.82) is 0 Å². The molecule has 0 bridgehead atoms. The van der Waals surface area contributed by atoms with Crippen LogP contribution in [0, 0.1) is 11.8 Å². The predicted molar refractivity (Wildman–Crippen MR) is 167 cm³/mol. The molecule has 0 radical (unpaired) electrons. The highest BCUT2D eigenvalue weighted by atomic mass is 19.1. The second kappa shape index (κ2) is 18.5. The second-order valence-corrected chi connectivity index (χ2v) is 11.9. The number of hydrogen-bond donors (Lipinski definition) is 5. The van der Waals surface area contributed by atoms with Crippen LogP contribution in [-0.4, -0.2) is 84.4 Å². The van der Waals surface area contributed by atoms with Gasteiger partial charge in [0.25, 0.3) is 0 Å². The number of ether oxygens (including phenoxy) is 1. The van der Waals surface area contributed by atoms with Crippen LogP contribution in [-0.2, 0) is 30.5 Å². The molecule has 1 aromatic rings. The van der Waals surface area contributed by atoms with Crippen LogP contribution in [0.2, 0.25) is 0 Å². The fraction of sp³-hybridized carbons (Fsp3) is 0.613. The van der Waals surface area contributed by atoms with Crippen LogP contribution < -0.4 is 27.4 Å². The van der Waals surface area contributed by atoms with Gasteiger partial charge in [0.1, 0.15) is 31.4 Å². The van der Waals surface area contributed by atoms with Gasteiger partial charge in [0, 0.05) is 13.1 Å². The number of alkyl halides is 1. The second-order valence-electron chi connectivity index (χ2n) is 11.9. The number of carbonyl (C=O) groups is 5. The van der Waals surface area contributed by atoms with Gasteiger partial charge in [-0.05, 0) is 49.5 Å². The van der Waals surface area contributed by atoms with Crippen molar-refractivity contribution >= 4 is 35.6 Å². The number of nitrogens with zero attached hydrogens (tertiary/aromatic N) is 2. The molecule has 1 unspecified atom stereocenters. The molecule has 250 valence electrons. The summed E-state index contributed by atoms with van der Waals surface area (Å²) in [7, 11) is 0. The van der Waals surface area contributed by atoms with Gasteiger partial charge >= 0.3 is 6.09 Å². The summed E-state index contributed by atoms with van der Waals surface area (Å²) in [5.41, 5.74) is 11.4. The lowest BCUT2D eigenvalue weighted by Crippen LogP contribution is -2.59. The van der Waals surface area contributed by atoms with Crippen LogP contribution in [0.4, 0.5) is 9.18 Å². The van der Waals surface area contributed by atoms with Crippen molar-refractivity contribution in [2.45, 2.75) is 90.6 Å². The zero-order valence-electron chi connectivity index (χ0n) is 26.6. The van der Waals surface area contributed by atoms with Crippen molar-refractivity contribution in [1.82, 2.24) is 20.9 Å². The Morgan fingerprint density at radius 3 is 2.31 bits per heavy atom. The maximum Gasteiger partial charge on any atom is 0.408 e. The van der Waals surface area contributed by atoms with Crippen molar-refractivity contribution in [3.05, 3.63) is 35.9 Å². The number of alkyl carbamates (subject to hydrolysis) is 1. The van der Waals surface area contributed by atoms with Gasteiger partial charge in [-0.3, -0.25) is 24.2 Å². The molecule has 1 aliphatic heterocycles. The number of likely N-dealkylation sites (tertiary alicyclic amines) is 1. The fourth-order valence-corrected chi connectivity index (χ4v) is 5.04. The summed E-state index contributed by atoms with van der Waals surface area (Å²) in [6.07, 6.45) is 0.848. The summed E-state index contributed by atoms with van der Waals surface area (Å²) in [5.74, 6) is -2.82. The van der Waals surface area contributed by atoms with E-state index in [1.54, 1.807) is 13.8 Å². The number of benzene rings is 1. The standard InChI is InChI=1S/C31H48FN7O6/c1-19(2)16-23(37-31(44)45-18-21-10-6-5-7-11-21)27(41)38-26(20(3)4)29(43)39-15-9-13-24(39)28(42)36-22(25(40)17-32)12-8-14-35-30(33)34/h5-7,10-11,19-20,22-24,26H,8-9,12-18H2,1-4H3,(H,36,42)(H,37,44)(H,38,41)(H4,33,34,35)/t22-,23?,24-,26-/m0/s1. The third kappa shape index (κ3) is 12.4. The molecule has 4 amide bonds. The van der Waals surface area contributed by atoms with Gasteiger partial charge in [0.2, 0.25) is 17.7 Å². The van der Waals surface area contributed by atoms with E-state index in [1.165, 1.54) is 4.90 Å². The fourth-order valence-electron chi connectivity index (χ4n) is 5.04. The lowest BCUT2D eigenvalue weighted by atomic mass is 9.99. The maximum absolute atomic E-state index is 13.8. The number of hydrogen-bond acceptors (Lipinski definition) is 7. The monoisotopic (exact) mass is 633 g/mol. The highest BCUT2D eigenvalue weighted by Crippen LogP contribution is 2.21. The highest BCUT2D eigenvalue weighted by molar-refractivity contribution is 5.96. The van der Waals surface area contributed by atoms with Crippen LogP contribution in [0.1, 0.15) is 65.4 Å². The topological polar surface area (TPSA) is 198 Å². The van der Waals surface area contributed by atoms with Crippen molar-refractivity contribution in [3.63, 3.8) is 0 Å². The summed E-state index contributed by atoms with van der Waals surface area (Å²) in [4.78, 5) is 70.5. The molecule has 45 heavy (non-hydrogen) atoms. The molecule has 14 heteroatoms. The molecule has 1 fully saturated rings. The largest absolute Gasteiger partial charge is 0.445 e. The molecule has 0 spiro atoms. The van der Waals surface area contributed by atoms with E-state index in [-0.39, 0.29) is 43.9 Å². The molecule has 0 aliphatic carbocycles. The number of carbonyl (C=O) groups excluding carboxylic acids is 5. The van der Waals surface area contributed by atoms with Gasteiger partial charge in [0.05, 0.1) is 6.04 Å². The van der Waals surface area contributed by atoms with E-state index in [9.17, 15) is 28.4 Å². The summed E-state index contributed by atoms with van der Waals surface area (Å²) >= 11 is 0. The highest BCUT2D eigenvalue weighted by Gasteiger charge is 2.40. The van der Waals surface area contributed by atoms with E-state index in [0.717, 1.165) is 5.56 Å². The first-order chi connectivity index (χ1) is 21.3. The molecule has 0 aromatic heterocycles. The number of Topliss-reactive ketones (excluding diaryl/α,β-unsaturated/α-hetero) is 1. The molecule has 1 saturated heterocycles. The Labute approximate surface area is 264 Å². The minimum Gasteiger partial charge on any atom is -0.445 e. The third-order valence-electron chi connectivity index (χ3n) is 7.38. The van der Waals surface area contributed by atoms with Crippen molar-refractivity contribution < 1.29 is 33.1 Å². The van der Waals surface area contributed by atoms with E-state index in [2.05, 4.69) is 20.9 Å². The number of nitrogens with two attached hydrogens (primary N) is 2. The molecule has 7 N–H and O–H groups in total. The van der Waals surface area contributed by atoms with Crippen molar-refractivity contribution in [3.8, 4) is 0 Å². The normalized spacial score (nSPS) is 16.4. The molecular weight excluding hydrogens is 585 g/mol. The average molecular weight is 634 g/mol. The summed E-state index contributed by atoms with van der Waals surface area (Å²) < 4.78 is 18.6. The first kappa shape index (κ1) is 37.0. The summed E-state index contributed by atoms with van der Waals surface area (Å²) in [5, 5.41) is 7.99. The quantitative estimate of drug-likeness (QED) is 0.0966. The number of nitrogens with one attached hydrogen (secondary N) is 3. The lowest BCUT2D eigenvalue weighted by Gasteiger charge is -2.32. The van der Waals surface area contributed by atoms with Crippen LogP contribution >= 0.6 is 0 Å². The number of rotatable bonds is 17. The molecule has 1 aromatic carbocycles. The Balaban J connectivity index is 2.10. The number of ketones is 1. The van der Waals surface area contributed by atoms with Gasteiger partial charge in [-0.15, -0.1) is 0 Å². The minimum atomic E-state index is -1.26. The zero-order chi connectivity index (χ0) is 33.5. The van der Waals surface area contributed by atoms with Gasteiger partial charge in [-0.25, -0.2) is 9.18 Å². The van der Waals surface area contributed by atoms with Crippen molar-refractivity contribution in [2.75, 3.05) is 19.8 Å². The van der Waals surface area contributed by atoms with E-state index >= 15 is 0 Å². The zero-order valence-corrected chi connectivity index (χ0v) is 26.6. The molecule has 13 nitrogen and oxygen atoms in total. The van der Waals surface area contributed by atoms with Gasteiger partial charge in [-0.1, -0.05) is 58.0 Å². The smallest absolute Gasteiger partial charge is 0.408 e. The van der Waals surface area contributed by atoms with E-state index in [1.807, 2.05) is 44.2 Å². The number of aliphatic imine (C=N–C) groups is 1. The van der Waals surface area contributed by atoms with E-state index in [4.69, 9.17) is 16.2 Å². The summed E-state index contributed by atoms with van der Waals surface area (Å²) in [6.45, 7) is 6.57. The number of guanidine groups is 1. The van der Waals surface area contributed by atoms with Crippen LogP contribution in [0.15, 0.2) is 35.3 Å². The van der Waals surface area contributed by atoms with Crippen LogP contribution in [0.3, 0.4) is 0 Å². The maximum atomic E-state index is 13.8. The molecular formula is C31H48FN7O6. The molecule has 1 heterocycles. The van der Waals surface area contributed by atoms with Gasteiger partial charge in [0.15, 0.2) is 11.7 Å². The Hall–Kier alpha value is -4.23. The lowest BCUT2D eigenvalue weighted by molar-refractivity contribution is -0.143. The Bertz CT molecular complexity index is 1180. The average Bonchev–Trinajstić information content (AvgIpc) is 3.49. The van der Waals surface area contributed by atoms with Gasteiger partial charge in [-0.2, -0.15) is 0 Å². The van der Waals surface area contributed by atoms with E-state index in [0.29, 0.717) is 25.7 Å². The molecule has 4 atom stereocenters. The molecule has 2 rings (SSSR count). The van der Waals surface area contributed by atoms with Gasteiger partial charge < -0.3 is 37.1 Å². The van der Waals surface area contributed by atoms with Crippen LogP contribution in [0.25, 0.3) is 0 Å². The Kier molecular flexibility index (Phi) is 15.2. The first-order valence-corrected chi connectivity index (χ1v) is 15.4. The predicted octanol–water partition coefficient (Wildman–Crippen LogP) is 1.54. The number of halogens is 1. The van der Waals surface area contributed by atoms with Crippen molar-refractivity contribution in [2.24, 2.45) is 28.3 Å². The molecule has 0 saturated carbocycles. The Morgan fingerprint density at radius 2 is 1.71 bits per heavy atom. The number of amides is 4.